The van der Waals surface area contributed by atoms with Gasteiger partial charge in [-0.1, -0.05) is 0 Å². The first kappa shape index (κ1) is 22.5. The van der Waals surface area contributed by atoms with E-state index in [1.54, 1.807) is 32.0 Å². The summed E-state index contributed by atoms with van der Waals surface area (Å²) in [4.78, 5) is 35.8. The molecule has 1 fully saturated rings. The molecule has 0 spiro atoms. The average molecular weight is 431 g/mol. The molecule has 1 aliphatic heterocycles. The van der Waals surface area contributed by atoms with Crippen molar-refractivity contribution in [3.8, 4) is 17.3 Å². The summed E-state index contributed by atoms with van der Waals surface area (Å²) >= 11 is 0. The Kier molecular flexibility index (Phi) is 6.79. The van der Waals surface area contributed by atoms with E-state index in [9.17, 15) is 9.59 Å². The Morgan fingerprint density at radius 2 is 1.94 bits per heavy atom. The van der Waals surface area contributed by atoms with Crippen molar-refractivity contribution in [3.05, 3.63) is 33.9 Å². The number of hydrogen-bond donors (Lipinski definition) is 1. The summed E-state index contributed by atoms with van der Waals surface area (Å²) in [6, 6.07) is 3.32. The molecule has 3 rings (SSSR count). The zero-order valence-electron chi connectivity index (χ0n) is 18.8. The van der Waals surface area contributed by atoms with Gasteiger partial charge in [-0.25, -0.2) is 14.8 Å². The number of methoxy groups -OCH3 is 2. The van der Waals surface area contributed by atoms with Crippen LogP contribution in [0.4, 0.5) is 10.5 Å². The van der Waals surface area contributed by atoms with E-state index >= 15 is 0 Å². The number of anilines is 1. The molecule has 10 heteroatoms. The van der Waals surface area contributed by atoms with E-state index in [1.807, 2.05) is 19.9 Å². The molecule has 0 saturated carbocycles. The molecule has 0 aromatic carbocycles. The third-order valence-electron chi connectivity index (χ3n) is 5.39. The van der Waals surface area contributed by atoms with E-state index in [2.05, 4.69) is 15.3 Å². The summed E-state index contributed by atoms with van der Waals surface area (Å²) < 4.78 is 17.3. The van der Waals surface area contributed by atoms with Gasteiger partial charge >= 0.3 is 6.09 Å². The fourth-order valence-corrected chi connectivity index (χ4v) is 3.76. The number of carbonyl (C=O) groups is 1. The van der Waals surface area contributed by atoms with Crippen molar-refractivity contribution in [2.45, 2.75) is 32.9 Å². The van der Waals surface area contributed by atoms with Gasteiger partial charge in [0, 0.05) is 31.8 Å². The predicted molar refractivity (Wildman–Crippen MR) is 116 cm³/mol. The molecular weight excluding hydrogens is 402 g/mol. The molecule has 0 unspecified atom stereocenters. The lowest BCUT2D eigenvalue weighted by Gasteiger charge is -2.22. The van der Waals surface area contributed by atoms with Crippen LogP contribution in [0.25, 0.3) is 11.4 Å². The van der Waals surface area contributed by atoms with E-state index in [1.165, 1.54) is 11.7 Å². The number of ether oxygens (including phenoxy) is 3. The Morgan fingerprint density at radius 1 is 1.19 bits per heavy atom. The van der Waals surface area contributed by atoms with Crippen LogP contribution in [0.15, 0.2) is 16.9 Å². The highest BCUT2D eigenvalue weighted by Crippen LogP contribution is 2.24. The van der Waals surface area contributed by atoms with E-state index in [-0.39, 0.29) is 17.7 Å². The fraction of sp³-hybridized carbons (Fsp3) is 0.524. The van der Waals surface area contributed by atoms with Crippen LogP contribution in [0, 0.1) is 13.8 Å². The van der Waals surface area contributed by atoms with Gasteiger partial charge < -0.3 is 24.4 Å². The van der Waals surface area contributed by atoms with Gasteiger partial charge in [0.25, 0.3) is 5.56 Å². The Balaban J connectivity index is 1.94. The summed E-state index contributed by atoms with van der Waals surface area (Å²) in [5, 5.41) is 3.27. The monoisotopic (exact) mass is 431 g/mol. The maximum Gasteiger partial charge on any atom is 0.409 e. The van der Waals surface area contributed by atoms with Crippen molar-refractivity contribution < 1.29 is 19.0 Å². The number of pyridine rings is 1. The highest BCUT2D eigenvalue weighted by Gasteiger charge is 2.37. The van der Waals surface area contributed by atoms with Gasteiger partial charge in [0.15, 0.2) is 0 Å². The van der Waals surface area contributed by atoms with Crippen LogP contribution in [0.3, 0.4) is 0 Å². The Hall–Kier alpha value is -3.14. The minimum absolute atomic E-state index is 0.218. The van der Waals surface area contributed by atoms with Gasteiger partial charge in [0.05, 0.1) is 44.3 Å². The molecule has 31 heavy (non-hydrogen) atoms. The van der Waals surface area contributed by atoms with Crippen LogP contribution in [0.2, 0.25) is 0 Å². The van der Waals surface area contributed by atoms with Crippen LogP contribution < -0.4 is 15.6 Å². The van der Waals surface area contributed by atoms with Crippen molar-refractivity contribution >= 4 is 11.8 Å². The molecule has 0 aliphatic carbocycles. The maximum atomic E-state index is 13.2. The smallest absolute Gasteiger partial charge is 0.409 e. The normalized spacial score (nSPS) is 18.2. The van der Waals surface area contributed by atoms with Gasteiger partial charge in [0.2, 0.25) is 5.88 Å². The molecule has 2 aromatic rings. The number of hydrogen-bond acceptors (Lipinski definition) is 8. The molecule has 2 aromatic heterocycles. The maximum absolute atomic E-state index is 13.2. The van der Waals surface area contributed by atoms with Crippen molar-refractivity contribution in [2.24, 2.45) is 7.05 Å². The average Bonchev–Trinajstić information content (AvgIpc) is 3.16. The molecule has 1 N–H and O–H groups in total. The van der Waals surface area contributed by atoms with Crippen molar-refractivity contribution in [1.29, 1.82) is 0 Å². The van der Waals surface area contributed by atoms with Crippen LogP contribution in [0.5, 0.6) is 5.88 Å². The number of carbonyl (C=O) groups excluding carboxylic acids is 1. The van der Waals surface area contributed by atoms with E-state index in [0.717, 1.165) is 5.56 Å². The lowest BCUT2D eigenvalue weighted by Crippen LogP contribution is -2.38. The quantitative estimate of drug-likeness (QED) is 0.737. The first-order chi connectivity index (χ1) is 14.8. The highest BCUT2D eigenvalue weighted by molar-refractivity contribution is 5.68. The van der Waals surface area contributed by atoms with Gasteiger partial charge in [-0.2, -0.15) is 0 Å². The zero-order valence-corrected chi connectivity index (χ0v) is 18.8. The minimum atomic E-state index is -0.422. The van der Waals surface area contributed by atoms with E-state index in [0.29, 0.717) is 48.5 Å². The molecule has 1 saturated heterocycles. The number of aryl methyl sites for hydroxylation is 2. The molecule has 10 nitrogen and oxygen atoms in total. The molecule has 3 heterocycles. The molecule has 168 valence electrons. The summed E-state index contributed by atoms with van der Waals surface area (Å²) in [7, 11) is 4.58. The second-order valence-electron chi connectivity index (χ2n) is 7.37. The summed E-state index contributed by atoms with van der Waals surface area (Å²) in [5.41, 5.74) is 2.18. The Labute approximate surface area is 181 Å². The first-order valence-corrected chi connectivity index (χ1v) is 10.1. The molecule has 1 amide bonds. The summed E-state index contributed by atoms with van der Waals surface area (Å²) in [5.74, 6) is 1.02. The molecule has 0 bridgehead atoms. The van der Waals surface area contributed by atoms with E-state index < -0.39 is 6.09 Å². The van der Waals surface area contributed by atoms with E-state index in [4.69, 9.17) is 14.2 Å². The van der Waals surface area contributed by atoms with Crippen LogP contribution >= 0.6 is 0 Å². The number of nitrogens with zero attached hydrogens (tertiary/aromatic N) is 4. The third-order valence-corrected chi connectivity index (χ3v) is 5.39. The van der Waals surface area contributed by atoms with Gasteiger partial charge in [-0.15, -0.1) is 0 Å². The van der Waals surface area contributed by atoms with Crippen molar-refractivity contribution in [2.75, 3.05) is 39.2 Å². The van der Waals surface area contributed by atoms with Crippen molar-refractivity contribution in [1.82, 2.24) is 19.4 Å². The zero-order chi connectivity index (χ0) is 22.7. The molecule has 0 radical (unpaired) electrons. The molecule has 2 atom stereocenters. The second kappa shape index (κ2) is 9.34. The third kappa shape index (κ3) is 4.48. The first-order valence-electron chi connectivity index (χ1n) is 10.1. The molecular formula is C21H29N5O5. The largest absolute Gasteiger partial charge is 0.481 e. The van der Waals surface area contributed by atoms with Crippen LogP contribution in [-0.2, 0) is 16.5 Å². The fourth-order valence-electron chi connectivity index (χ4n) is 3.76. The number of rotatable bonds is 6. The lowest BCUT2D eigenvalue weighted by molar-refractivity contribution is 0.0614. The Bertz CT molecular complexity index is 1020. The number of likely N-dealkylation sites (tertiary alicyclic amines) is 1. The number of aromatic nitrogens is 3. The lowest BCUT2D eigenvalue weighted by atomic mass is 10.1. The minimum Gasteiger partial charge on any atom is -0.481 e. The summed E-state index contributed by atoms with van der Waals surface area (Å²) in [6.45, 7) is 6.77. The Morgan fingerprint density at radius 3 is 2.55 bits per heavy atom. The van der Waals surface area contributed by atoms with Gasteiger partial charge in [-0.3, -0.25) is 9.36 Å². The van der Waals surface area contributed by atoms with Crippen LogP contribution in [0.1, 0.15) is 18.3 Å². The second-order valence-corrected chi connectivity index (χ2v) is 7.37. The van der Waals surface area contributed by atoms with Gasteiger partial charge in [-0.05, 0) is 26.8 Å². The highest BCUT2D eigenvalue weighted by atomic mass is 16.5. The predicted octanol–water partition coefficient (Wildman–Crippen LogP) is 1.74. The number of nitrogens with one attached hydrogen (secondary N) is 1. The molecule has 1 aliphatic rings. The van der Waals surface area contributed by atoms with Crippen molar-refractivity contribution in [3.63, 3.8) is 0 Å². The standard InChI is InChI=1S/C21H29N5O5/c1-7-31-16-11-26(21(28)30-6)10-15(16)24-18-13(3)23-19(25(4)20(18)27)14-8-9-17(29-5)22-12(14)2/h8-9,15-16,24H,7,10-11H2,1-6H3/t15-,16+/m1/s1. The van der Waals surface area contributed by atoms with Crippen LogP contribution in [-0.4, -0.2) is 71.6 Å². The topological polar surface area (TPSA) is 108 Å². The summed E-state index contributed by atoms with van der Waals surface area (Å²) in [6.07, 6.45) is -0.685. The number of amides is 1. The van der Waals surface area contributed by atoms with Gasteiger partial charge in [0.1, 0.15) is 11.5 Å². The SMILES string of the molecule is CCO[C@H]1CN(C(=O)OC)C[C@H]1Nc1c(C)nc(-c2ccc(OC)nc2C)n(C)c1=O.